The SMILES string of the molecule is Cc1ccc(-n2nnnc2SCc2c(F)cccc2Cl)cc1Cl. The van der Waals surface area contributed by atoms with Crippen molar-refractivity contribution < 1.29 is 4.39 Å². The van der Waals surface area contributed by atoms with Crippen LogP contribution in [0.15, 0.2) is 41.6 Å². The molecule has 0 fully saturated rings. The Morgan fingerprint density at radius 2 is 2.00 bits per heavy atom. The molecule has 1 aromatic heterocycles. The maximum Gasteiger partial charge on any atom is 0.214 e. The average Bonchev–Trinajstić information content (AvgIpc) is 2.98. The molecule has 0 atom stereocenters. The highest BCUT2D eigenvalue weighted by Gasteiger charge is 2.13. The summed E-state index contributed by atoms with van der Waals surface area (Å²) < 4.78 is 15.4. The smallest absolute Gasteiger partial charge is 0.207 e. The van der Waals surface area contributed by atoms with Gasteiger partial charge in [0.1, 0.15) is 5.82 Å². The Labute approximate surface area is 146 Å². The molecule has 0 radical (unpaired) electrons. The largest absolute Gasteiger partial charge is 0.214 e. The molecule has 0 aliphatic heterocycles. The van der Waals surface area contributed by atoms with E-state index in [1.54, 1.807) is 22.9 Å². The number of hydrogen-bond donors (Lipinski definition) is 0. The quantitative estimate of drug-likeness (QED) is 0.625. The second-order valence-electron chi connectivity index (χ2n) is 4.80. The summed E-state index contributed by atoms with van der Waals surface area (Å²) in [5.41, 5.74) is 2.14. The van der Waals surface area contributed by atoms with E-state index in [2.05, 4.69) is 15.5 Å². The summed E-state index contributed by atoms with van der Waals surface area (Å²) >= 11 is 13.5. The van der Waals surface area contributed by atoms with E-state index in [4.69, 9.17) is 23.2 Å². The Balaban J connectivity index is 1.85. The van der Waals surface area contributed by atoms with Crippen LogP contribution < -0.4 is 0 Å². The maximum absolute atomic E-state index is 13.8. The average molecular weight is 369 g/mol. The molecule has 0 aliphatic rings. The van der Waals surface area contributed by atoms with Crippen LogP contribution in [0.5, 0.6) is 0 Å². The van der Waals surface area contributed by atoms with Gasteiger partial charge in [-0.3, -0.25) is 0 Å². The first-order valence-corrected chi connectivity index (χ1v) is 8.41. The molecule has 8 heteroatoms. The molecule has 1 heterocycles. The number of tetrazole rings is 1. The van der Waals surface area contributed by atoms with Gasteiger partial charge in [-0.2, -0.15) is 4.68 Å². The fraction of sp³-hybridized carbons (Fsp3) is 0.133. The number of nitrogens with zero attached hydrogens (tertiary/aromatic N) is 4. The van der Waals surface area contributed by atoms with Crippen LogP contribution in [0.2, 0.25) is 10.0 Å². The fourth-order valence-corrected chi connectivity index (χ4v) is 3.36. The van der Waals surface area contributed by atoms with Gasteiger partial charge in [-0.1, -0.05) is 47.1 Å². The summed E-state index contributed by atoms with van der Waals surface area (Å²) in [5, 5.41) is 13.2. The minimum absolute atomic E-state index is 0.325. The lowest BCUT2D eigenvalue weighted by molar-refractivity contribution is 0.617. The Kier molecular flexibility index (Phi) is 4.84. The molecule has 2 aromatic carbocycles. The van der Waals surface area contributed by atoms with Crippen LogP contribution in [0.1, 0.15) is 11.1 Å². The molecule has 3 aromatic rings. The van der Waals surface area contributed by atoms with Gasteiger partial charge in [0, 0.05) is 21.4 Å². The van der Waals surface area contributed by atoms with Crippen molar-refractivity contribution in [1.82, 2.24) is 20.2 Å². The third-order valence-electron chi connectivity index (χ3n) is 3.25. The van der Waals surface area contributed by atoms with E-state index in [9.17, 15) is 4.39 Å². The van der Waals surface area contributed by atoms with Crippen molar-refractivity contribution in [1.29, 1.82) is 0 Å². The van der Waals surface area contributed by atoms with Gasteiger partial charge in [-0.05, 0) is 47.2 Å². The molecular weight excluding hydrogens is 358 g/mol. The van der Waals surface area contributed by atoms with Gasteiger partial charge >= 0.3 is 0 Å². The number of halogens is 3. The predicted molar refractivity (Wildman–Crippen MR) is 89.9 cm³/mol. The van der Waals surface area contributed by atoms with Crippen LogP contribution in [0.3, 0.4) is 0 Å². The zero-order valence-electron chi connectivity index (χ0n) is 12.0. The minimum Gasteiger partial charge on any atom is -0.207 e. The van der Waals surface area contributed by atoms with Crippen molar-refractivity contribution in [2.75, 3.05) is 0 Å². The summed E-state index contributed by atoms with van der Waals surface area (Å²) in [6.45, 7) is 1.92. The molecular formula is C15H11Cl2FN4S. The van der Waals surface area contributed by atoms with Crippen LogP contribution in [0, 0.1) is 12.7 Å². The summed E-state index contributed by atoms with van der Waals surface area (Å²) in [7, 11) is 0. The van der Waals surface area contributed by atoms with Gasteiger partial charge < -0.3 is 0 Å². The predicted octanol–water partition coefficient (Wildman–Crippen LogP) is 4.71. The number of thioether (sulfide) groups is 1. The molecule has 0 saturated heterocycles. The topological polar surface area (TPSA) is 43.6 Å². The summed E-state index contributed by atoms with van der Waals surface area (Å²) in [6.07, 6.45) is 0. The van der Waals surface area contributed by atoms with E-state index < -0.39 is 0 Å². The van der Waals surface area contributed by atoms with Crippen molar-refractivity contribution in [3.05, 3.63) is 63.4 Å². The van der Waals surface area contributed by atoms with Crippen molar-refractivity contribution in [2.45, 2.75) is 17.8 Å². The Morgan fingerprint density at radius 1 is 1.17 bits per heavy atom. The normalized spacial score (nSPS) is 11.0. The van der Waals surface area contributed by atoms with Crippen molar-refractivity contribution in [3.63, 3.8) is 0 Å². The zero-order valence-corrected chi connectivity index (χ0v) is 14.3. The molecule has 0 spiro atoms. The molecule has 3 rings (SSSR count). The van der Waals surface area contributed by atoms with Crippen LogP contribution in [-0.2, 0) is 5.75 Å². The lowest BCUT2D eigenvalue weighted by atomic mass is 10.2. The van der Waals surface area contributed by atoms with E-state index in [-0.39, 0.29) is 5.82 Å². The van der Waals surface area contributed by atoms with Crippen molar-refractivity contribution >= 4 is 35.0 Å². The fourth-order valence-electron chi connectivity index (χ4n) is 1.95. The van der Waals surface area contributed by atoms with E-state index in [1.165, 1.54) is 17.8 Å². The van der Waals surface area contributed by atoms with E-state index in [1.807, 2.05) is 19.1 Å². The van der Waals surface area contributed by atoms with Crippen molar-refractivity contribution in [3.8, 4) is 5.69 Å². The third-order valence-corrected chi connectivity index (χ3v) is 4.96. The summed E-state index contributed by atoms with van der Waals surface area (Å²) in [6, 6.07) is 10.2. The highest BCUT2D eigenvalue weighted by Crippen LogP contribution is 2.29. The van der Waals surface area contributed by atoms with Gasteiger partial charge in [0.2, 0.25) is 5.16 Å². The molecule has 118 valence electrons. The lowest BCUT2D eigenvalue weighted by Crippen LogP contribution is -2.00. The number of benzene rings is 2. The first-order valence-electron chi connectivity index (χ1n) is 6.67. The highest BCUT2D eigenvalue weighted by atomic mass is 35.5. The standard InChI is InChI=1S/C15H11Cl2FN4S/c1-9-5-6-10(7-13(9)17)22-15(19-20-21-22)23-8-11-12(16)3-2-4-14(11)18/h2-7H,8H2,1H3. The van der Waals surface area contributed by atoms with Gasteiger partial charge in [0.05, 0.1) is 5.69 Å². The second-order valence-corrected chi connectivity index (χ2v) is 6.55. The van der Waals surface area contributed by atoms with Crippen molar-refractivity contribution in [2.24, 2.45) is 0 Å². The monoisotopic (exact) mass is 368 g/mol. The van der Waals surface area contributed by atoms with E-state index in [0.717, 1.165) is 11.3 Å². The van der Waals surface area contributed by atoms with Gasteiger partial charge in [-0.15, -0.1) is 5.10 Å². The van der Waals surface area contributed by atoms with E-state index >= 15 is 0 Å². The zero-order chi connectivity index (χ0) is 16.4. The summed E-state index contributed by atoms with van der Waals surface area (Å²) in [4.78, 5) is 0. The molecule has 0 bridgehead atoms. The van der Waals surface area contributed by atoms with Crippen LogP contribution >= 0.6 is 35.0 Å². The molecule has 0 N–H and O–H groups in total. The molecule has 0 unspecified atom stereocenters. The van der Waals surface area contributed by atoms with Gasteiger partial charge in [0.25, 0.3) is 0 Å². The summed E-state index contributed by atoms with van der Waals surface area (Å²) in [5.74, 6) is -0.0201. The third kappa shape index (κ3) is 3.49. The second kappa shape index (κ2) is 6.86. The Morgan fingerprint density at radius 3 is 2.74 bits per heavy atom. The van der Waals surface area contributed by atoms with Crippen LogP contribution in [0.25, 0.3) is 5.69 Å². The first-order chi connectivity index (χ1) is 11.1. The van der Waals surface area contributed by atoms with Gasteiger partial charge in [-0.25, -0.2) is 4.39 Å². The lowest BCUT2D eigenvalue weighted by Gasteiger charge is -2.07. The Hall–Kier alpha value is -1.63. The van der Waals surface area contributed by atoms with Crippen LogP contribution in [-0.4, -0.2) is 20.2 Å². The van der Waals surface area contributed by atoms with Gasteiger partial charge in [0.15, 0.2) is 0 Å². The molecule has 4 nitrogen and oxygen atoms in total. The number of aryl methyl sites for hydroxylation is 1. The molecule has 0 aliphatic carbocycles. The number of aromatic nitrogens is 4. The first kappa shape index (κ1) is 16.2. The van der Waals surface area contributed by atoms with Crippen LogP contribution in [0.4, 0.5) is 4.39 Å². The number of rotatable bonds is 4. The highest BCUT2D eigenvalue weighted by molar-refractivity contribution is 7.98. The molecule has 0 saturated carbocycles. The van der Waals surface area contributed by atoms with E-state index in [0.29, 0.717) is 26.5 Å². The minimum atomic E-state index is -0.345. The molecule has 0 amide bonds. The maximum atomic E-state index is 13.8. The number of hydrogen-bond acceptors (Lipinski definition) is 4. The Bertz CT molecular complexity index is 833. The molecule has 23 heavy (non-hydrogen) atoms.